The molecule has 2 N–H and O–H groups in total. The molecule has 0 bridgehead atoms. The number of halogens is 2. The first-order valence-corrected chi connectivity index (χ1v) is 4.96. The van der Waals surface area contributed by atoms with Gasteiger partial charge in [-0.2, -0.15) is 0 Å². The minimum absolute atomic E-state index is 0.0145. The summed E-state index contributed by atoms with van der Waals surface area (Å²) in [6.45, 7) is 0. The van der Waals surface area contributed by atoms with Crippen LogP contribution in [0.3, 0.4) is 0 Å². The molecule has 2 aliphatic rings. The number of hydrogen-bond donors (Lipinski definition) is 2. The zero-order valence-corrected chi connectivity index (χ0v) is 9.29. The Hall–Kier alpha value is -0.330. The van der Waals surface area contributed by atoms with Crippen molar-refractivity contribution in [1.82, 2.24) is 0 Å². The predicted octanol–water partition coefficient (Wildman–Crippen LogP) is 1.67. The van der Waals surface area contributed by atoms with E-state index in [2.05, 4.69) is 31.9 Å². The molecule has 0 radical (unpaired) electrons. The zero-order chi connectivity index (χ0) is 9.80. The number of allylic oxidation sites excluding steroid dienone is 1. The summed E-state index contributed by atoms with van der Waals surface area (Å²) in [5, 5.41) is 18.2. The molecule has 1 aliphatic heterocycles. The van der Waals surface area contributed by atoms with E-state index < -0.39 is 17.7 Å². The highest BCUT2D eigenvalue weighted by Crippen LogP contribution is 2.51. The molecule has 6 heteroatoms. The first kappa shape index (κ1) is 9.23. The van der Waals surface area contributed by atoms with Crippen LogP contribution in [0.4, 0.5) is 0 Å². The number of carbonyl (C=O) groups is 1. The smallest absolute Gasteiger partial charge is 0.343 e. The first-order valence-electron chi connectivity index (χ1n) is 3.37. The summed E-state index contributed by atoms with van der Waals surface area (Å²) in [7, 11) is 0. The molecule has 2 atom stereocenters. The van der Waals surface area contributed by atoms with Crippen molar-refractivity contribution in [2.75, 3.05) is 0 Å². The molecule has 0 amide bonds. The van der Waals surface area contributed by atoms with Crippen LogP contribution in [-0.2, 0) is 9.53 Å². The lowest BCUT2D eigenvalue weighted by Gasteiger charge is -2.10. The Labute approximate surface area is 90.1 Å². The molecule has 1 saturated heterocycles. The van der Waals surface area contributed by atoms with Crippen LogP contribution in [0.5, 0.6) is 0 Å². The lowest BCUT2D eigenvalue weighted by molar-refractivity contribution is -0.141. The standard InChI is InChI=1S/C7H4Br2O4/c8-2-1-7(6(11)12)5(13-7)3(9)4(2)10/h1,5,10H,(H,11,12). The Bertz CT molecular complexity index is 360. The van der Waals surface area contributed by atoms with E-state index in [4.69, 9.17) is 9.84 Å². The van der Waals surface area contributed by atoms with Crippen LogP contribution >= 0.6 is 31.9 Å². The third-order valence-electron chi connectivity index (χ3n) is 2.00. The summed E-state index contributed by atoms with van der Waals surface area (Å²) in [6.07, 6.45) is 0.756. The van der Waals surface area contributed by atoms with Crippen LogP contribution in [0.25, 0.3) is 0 Å². The molecule has 4 nitrogen and oxygen atoms in total. The zero-order valence-electron chi connectivity index (χ0n) is 6.12. The number of aliphatic hydroxyl groups is 1. The highest BCUT2D eigenvalue weighted by Gasteiger charge is 2.65. The quantitative estimate of drug-likeness (QED) is 0.723. The predicted molar refractivity (Wildman–Crippen MR) is 50.8 cm³/mol. The second-order valence-corrected chi connectivity index (χ2v) is 4.49. The van der Waals surface area contributed by atoms with Gasteiger partial charge in [0.1, 0.15) is 11.9 Å². The van der Waals surface area contributed by atoms with Crippen LogP contribution in [0, 0.1) is 0 Å². The molecular formula is C7H4Br2O4. The van der Waals surface area contributed by atoms with E-state index in [9.17, 15) is 9.90 Å². The summed E-state index contributed by atoms with van der Waals surface area (Å²) in [5.74, 6) is -1.07. The van der Waals surface area contributed by atoms with Gasteiger partial charge in [-0.25, -0.2) is 4.79 Å². The second-order valence-electron chi connectivity index (χ2n) is 2.78. The molecule has 13 heavy (non-hydrogen) atoms. The molecular weight excluding hydrogens is 308 g/mol. The molecule has 2 unspecified atom stereocenters. The van der Waals surface area contributed by atoms with E-state index in [-0.39, 0.29) is 5.76 Å². The number of fused-ring (bicyclic) bond motifs is 1. The highest BCUT2D eigenvalue weighted by molar-refractivity contribution is 9.12. The van der Waals surface area contributed by atoms with Gasteiger partial charge in [-0.15, -0.1) is 0 Å². The van der Waals surface area contributed by atoms with Crippen molar-refractivity contribution < 1.29 is 19.7 Å². The van der Waals surface area contributed by atoms with Gasteiger partial charge in [0.05, 0.1) is 8.96 Å². The number of carboxylic acid groups (broad SMARTS) is 1. The average Bonchev–Trinajstić information content (AvgIpc) is 2.76. The molecule has 2 rings (SSSR count). The normalized spacial score (nSPS) is 36.8. The molecule has 1 aliphatic carbocycles. The maximum absolute atomic E-state index is 10.8. The number of hydrogen-bond acceptors (Lipinski definition) is 3. The van der Waals surface area contributed by atoms with E-state index in [0.717, 1.165) is 0 Å². The van der Waals surface area contributed by atoms with Crippen molar-refractivity contribution in [1.29, 1.82) is 0 Å². The van der Waals surface area contributed by atoms with Crippen molar-refractivity contribution in [2.24, 2.45) is 0 Å². The fourth-order valence-corrected chi connectivity index (χ4v) is 2.70. The van der Waals surface area contributed by atoms with Gasteiger partial charge in [0.25, 0.3) is 0 Å². The number of carboxylic acids is 1. The molecule has 0 saturated carbocycles. The van der Waals surface area contributed by atoms with E-state index in [1.807, 2.05) is 0 Å². The van der Waals surface area contributed by atoms with Gasteiger partial charge in [0, 0.05) is 0 Å². The first-order chi connectivity index (χ1) is 5.99. The lowest BCUT2D eigenvalue weighted by Crippen LogP contribution is -2.27. The van der Waals surface area contributed by atoms with E-state index in [0.29, 0.717) is 8.96 Å². The summed E-state index contributed by atoms with van der Waals surface area (Å²) in [4.78, 5) is 10.8. The Morgan fingerprint density at radius 2 is 2.23 bits per heavy atom. The van der Waals surface area contributed by atoms with Gasteiger partial charge in [0.2, 0.25) is 5.60 Å². The largest absolute Gasteiger partial charge is 0.506 e. The van der Waals surface area contributed by atoms with Gasteiger partial charge >= 0.3 is 5.97 Å². The Morgan fingerprint density at radius 3 is 2.77 bits per heavy atom. The third kappa shape index (κ3) is 1.09. The molecule has 0 aromatic carbocycles. The van der Waals surface area contributed by atoms with Crippen molar-refractivity contribution in [2.45, 2.75) is 11.7 Å². The number of ether oxygens (including phenoxy) is 1. The molecule has 1 heterocycles. The van der Waals surface area contributed by atoms with Crippen LogP contribution < -0.4 is 0 Å². The van der Waals surface area contributed by atoms with Crippen LogP contribution in [0.2, 0.25) is 0 Å². The maximum atomic E-state index is 10.8. The van der Waals surface area contributed by atoms with Crippen molar-refractivity contribution in [3.63, 3.8) is 0 Å². The van der Waals surface area contributed by atoms with Gasteiger partial charge in [0.15, 0.2) is 0 Å². The van der Waals surface area contributed by atoms with Crippen LogP contribution in [0.15, 0.2) is 20.8 Å². The SMILES string of the molecule is O=C(O)C12C=C(Br)C(O)=C(Br)C1O2. The van der Waals surface area contributed by atoms with Gasteiger partial charge in [-0.3, -0.25) is 0 Å². The van der Waals surface area contributed by atoms with Gasteiger partial charge in [-0.05, 0) is 37.9 Å². The molecule has 0 aromatic rings. The van der Waals surface area contributed by atoms with Crippen molar-refractivity contribution >= 4 is 37.8 Å². The summed E-state index contributed by atoms with van der Waals surface area (Å²) in [5.41, 5.74) is -1.29. The third-order valence-corrected chi connectivity index (χ3v) is 3.40. The molecule has 0 spiro atoms. The van der Waals surface area contributed by atoms with Crippen LogP contribution in [-0.4, -0.2) is 27.9 Å². The topological polar surface area (TPSA) is 70.1 Å². The Morgan fingerprint density at radius 1 is 1.62 bits per heavy atom. The fourth-order valence-electron chi connectivity index (χ4n) is 1.23. The summed E-state index contributed by atoms with van der Waals surface area (Å²) >= 11 is 6.12. The molecule has 70 valence electrons. The van der Waals surface area contributed by atoms with E-state index >= 15 is 0 Å². The highest BCUT2D eigenvalue weighted by atomic mass is 79.9. The summed E-state index contributed by atoms with van der Waals surface area (Å²) in [6, 6.07) is 0. The fraction of sp³-hybridized carbons (Fsp3) is 0.286. The average molecular weight is 312 g/mol. The minimum Gasteiger partial charge on any atom is -0.506 e. The number of aliphatic hydroxyl groups excluding tert-OH is 1. The summed E-state index contributed by atoms with van der Waals surface area (Å²) < 4.78 is 5.70. The Kier molecular flexibility index (Phi) is 1.84. The number of rotatable bonds is 1. The van der Waals surface area contributed by atoms with Gasteiger partial charge < -0.3 is 14.9 Å². The number of aliphatic carboxylic acids is 1. The minimum atomic E-state index is -1.29. The monoisotopic (exact) mass is 310 g/mol. The number of epoxide rings is 1. The lowest BCUT2D eigenvalue weighted by atomic mass is 10.0. The van der Waals surface area contributed by atoms with Crippen molar-refractivity contribution in [3.8, 4) is 0 Å². The van der Waals surface area contributed by atoms with Crippen molar-refractivity contribution in [3.05, 3.63) is 20.8 Å². The van der Waals surface area contributed by atoms with Crippen LogP contribution in [0.1, 0.15) is 0 Å². The Balaban J connectivity index is 2.45. The van der Waals surface area contributed by atoms with E-state index in [1.54, 1.807) is 0 Å². The maximum Gasteiger partial charge on any atom is 0.343 e. The van der Waals surface area contributed by atoms with Gasteiger partial charge in [-0.1, -0.05) is 0 Å². The van der Waals surface area contributed by atoms with E-state index in [1.165, 1.54) is 6.08 Å². The molecule has 1 fully saturated rings. The second kappa shape index (κ2) is 2.59. The molecule has 0 aromatic heterocycles.